The van der Waals surface area contributed by atoms with Crippen molar-refractivity contribution in [3.63, 3.8) is 0 Å². The topological polar surface area (TPSA) is 26.0 Å². The lowest BCUT2D eigenvalue weighted by atomic mass is 9.61. The number of unbranched alkanes of at least 4 members (excludes halogenated alkanes) is 7. The Kier molecular flexibility index (Phi) is 10.6. The van der Waals surface area contributed by atoms with Crippen LogP contribution in [0.25, 0.3) is 0 Å². The Morgan fingerprint density at radius 2 is 1.05 bits per heavy atom. The maximum Gasteiger partial charge on any atom is -0.00206 e. The molecule has 0 radical (unpaired) electrons. The highest BCUT2D eigenvalue weighted by atomic mass is 14.6. The highest BCUT2D eigenvalue weighted by Crippen LogP contribution is 2.46. The molecule has 0 fully saturated rings. The van der Waals surface area contributed by atoms with E-state index in [1.807, 2.05) is 0 Å². The van der Waals surface area contributed by atoms with Crippen LogP contribution in [0.3, 0.4) is 0 Å². The minimum atomic E-state index is 0.268. The summed E-state index contributed by atoms with van der Waals surface area (Å²) in [7, 11) is 0. The van der Waals surface area contributed by atoms with Gasteiger partial charge < -0.3 is 5.73 Å². The standard InChI is InChI=1S/C19H41N/c1-6-8-10-12-14-16-19(5,18(3,4)17-20)15-13-11-9-7-2/h6-17,20H2,1-5H3. The van der Waals surface area contributed by atoms with Crippen LogP contribution < -0.4 is 5.73 Å². The van der Waals surface area contributed by atoms with Gasteiger partial charge >= 0.3 is 0 Å². The molecule has 0 saturated heterocycles. The van der Waals surface area contributed by atoms with Crippen LogP contribution in [0, 0.1) is 10.8 Å². The lowest BCUT2D eigenvalue weighted by molar-refractivity contribution is 0.0680. The first-order valence-electron chi connectivity index (χ1n) is 9.13. The van der Waals surface area contributed by atoms with Crippen molar-refractivity contribution in [2.45, 2.75) is 105 Å². The molecule has 0 amide bonds. The average Bonchev–Trinajstić information content (AvgIpc) is 2.43. The molecule has 0 aromatic rings. The van der Waals surface area contributed by atoms with Gasteiger partial charge in [0.05, 0.1) is 0 Å². The molecular weight excluding hydrogens is 242 g/mol. The molecule has 20 heavy (non-hydrogen) atoms. The maximum absolute atomic E-state index is 6.07. The zero-order chi connectivity index (χ0) is 15.5. The summed E-state index contributed by atoms with van der Waals surface area (Å²) in [6.45, 7) is 12.6. The predicted molar refractivity (Wildman–Crippen MR) is 93.1 cm³/mol. The molecule has 0 aromatic carbocycles. The van der Waals surface area contributed by atoms with Gasteiger partial charge in [-0.15, -0.1) is 0 Å². The monoisotopic (exact) mass is 283 g/mol. The molecule has 1 atom stereocenters. The molecule has 1 heteroatoms. The van der Waals surface area contributed by atoms with Crippen molar-refractivity contribution in [1.82, 2.24) is 0 Å². The number of hydrogen-bond donors (Lipinski definition) is 1. The lowest BCUT2D eigenvalue weighted by Crippen LogP contribution is -2.41. The Bertz CT molecular complexity index is 222. The van der Waals surface area contributed by atoms with Crippen molar-refractivity contribution in [3.8, 4) is 0 Å². The van der Waals surface area contributed by atoms with Crippen LogP contribution >= 0.6 is 0 Å². The normalized spacial score (nSPS) is 15.3. The Balaban J connectivity index is 4.31. The van der Waals surface area contributed by atoms with Gasteiger partial charge in [0.2, 0.25) is 0 Å². The van der Waals surface area contributed by atoms with Gasteiger partial charge in [0, 0.05) is 0 Å². The minimum absolute atomic E-state index is 0.268. The van der Waals surface area contributed by atoms with Crippen molar-refractivity contribution < 1.29 is 0 Å². The van der Waals surface area contributed by atoms with Crippen molar-refractivity contribution in [2.24, 2.45) is 16.6 Å². The van der Waals surface area contributed by atoms with Crippen LogP contribution in [-0.2, 0) is 0 Å². The number of hydrogen-bond acceptors (Lipinski definition) is 1. The second kappa shape index (κ2) is 10.7. The fraction of sp³-hybridized carbons (Fsp3) is 1.00. The Labute approximate surface area is 129 Å². The SMILES string of the molecule is CCCCCCCC(C)(CCCCCC)C(C)(C)CN. The Hall–Kier alpha value is -0.0400. The van der Waals surface area contributed by atoms with Gasteiger partial charge in [0.25, 0.3) is 0 Å². The second-order valence-corrected chi connectivity index (χ2v) is 7.62. The molecule has 0 aliphatic heterocycles. The maximum atomic E-state index is 6.07. The van der Waals surface area contributed by atoms with Gasteiger partial charge in [-0.3, -0.25) is 0 Å². The van der Waals surface area contributed by atoms with E-state index in [1.165, 1.54) is 70.6 Å². The zero-order valence-electron chi connectivity index (χ0n) is 15.1. The van der Waals surface area contributed by atoms with E-state index in [0.29, 0.717) is 5.41 Å². The summed E-state index contributed by atoms with van der Waals surface area (Å²) in [5, 5.41) is 0. The van der Waals surface area contributed by atoms with E-state index >= 15 is 0 Å². The molecule has 1 unspecified atom stereocenters. The Morgan fingerprint density at radius 3 is 1.45 bits per heavy atom. The summed E-state index contributed by atoms with van der Waals surface area (Å²) >= 11 is 0. The van der Waals surface area contributed by atoms with Gasteiger partial charge in [-0.25, -0.2) is 0 Å². The third kappa shape index (κ3) is 7.11. The van der Waals surface area contributed by atoms with E-state index in [1.54, 1.807) is 0 Å². The van der Waals surface area contributed by atoms with E-state index in [4.69, 9.17) is 5.73 Å². The van der Waals surface area contributed by atoms with Gasteiger partial charge in [0.1, 0.15) is 0 Å². The molecule has 122 valence electrons. The third-order valence-corrected chi connectivity index (χ3v) is 5.56. The van der Waals surface area contributed by atoms with Gasteiger partial charge in [0.15, 0.2) is 0 Å². The first kappa shape index (κ1) is 20.0. The van der Waals surface area contributed by atoms with Crippen LogP contribution in [0.15, 0.2) is 0 Å². The van der Waals surface area contributed by atoms with E-state index in [9.17, 15) is 0 Å². The molecule has 2 N–H and O–H groups in total. The van der Waals surface area contributed by atoms with Crippen molar-refractivity contribution in [3.05, 3.63) is 0 Å². The van der Waals surface area contributed by atoms with E-state index in [-0.39, 0.29) is 5.41 Å². The van der Waals surface area contributed by atoms with Crippen molar-refractivity contribution >= 4 is 0 Å². The zero-order valence-corrected chi connectivity index (χ0v) is 15.1. The van der Waals surface area contributed by atoms with Crippen molar-refractivity contribution in [2.75, 3.05) is 6.54 Å². The van der Waals surface area contributed by atoms with Crippen LogP contribution in [-0.4, -0.2) is 6.54 Å². The second-order valence-electron chi connectivity index (χ2n) is 7.62. The van der Waals surface area contributed by atoms with Crippen LogP contribution in [0.1, 0.15) is 105 Å². The lowest BCUT2D eigenvalue weighted by Gasteiger charge is -2.44. The summed E-state index contributed by atoms with van der Waals surface area (Å²) in [6, 6.07) is 0. The molecule has 0 aliphatic carbocycles. The quantitative estimate of drug-likeness (QED) is 0.394. The fourth-order valence-corrected chi connectivity index (χ4v) is 3.11. The van der Waals surface area contributed by atoms with Crippen LogP contribution in [0.4, 0.5) is 0 Å². The number of rotatable bonds is 13. The largest absolute Gasteiger partial charge is 0.330 e. The summed E-state index contributed by atoms with van der Waals surface area (Å²) in [6.07, 6.45) is 15.1. The molecule has 0 aliphatic rings. The van der Waals surface area contributed by atoms with Gasteiger partial charge in [-0.05, 0) is 30.2 Å². The van der Waals surface area contributed by atoms with E-state index in [0.717, 1.165) is 6.54 Å². The Morgan fingerprint density at radius 1 is 0.650 bits per heavy atom. The third-order valence-electron chi connectivity index (χ3n) is 5.56. The summed E-state index contributed by atoms with van der Waals surface area (Å²) in [5.41, 5.74) is 6.76. The van der Waals surface area contributed by atoms with Crippen molar-refractivity contribution in [1.29, 1.82) is 0 Å². The molecule has 0 aromatic heterocycles. The highest BCUT2D eigenvalue weighted by molar-refractivity contribution is 4.90. The summed E-state index contributed by atoms with van der Waals surface area (Å²) in [5.74, 6) is 0. The molecule has 0 saturated carbocycles. The first-order chi connectivity index (χ1) is 9.43. The van der Waals surface area contributed by atoms with Gasteiger partial charge in [-0.2, -0.15) is 0 Å². The molecule has 1 nitrogen and oxygen atoms in total. The van der Waals surface area contributed by atoms with Gasteiger partial charge in [-0.1, -0.05) is 92.4 Å². The molecule has 0 spiro atoms. The number of nitrogens with two attached hydrogens (primary N) is 1. The minimum Gasteiger partial charge on any atom is -0.330 e. The predicted octanol–water partition coefficient (Wildman–Crippen LogP) is 6.31. The fourth-order valence-electron chi connectivity index (χ4n) is 3.11. The smallest absolute Gasteiger partial charge is 0.00206 e. The molecular formula is C19H41N. The molecule has 0 heterocycles. The highest BCUT2D eigenvalue weighted by Gasteiger charge is 2.38. The van der Waals surface area contributed by atoms with E-state index < -0.39 is 0 Å². The summed E-state index contributed by atoms with van der Waals surface area (Å²) < 4.78 is 0. The first-order valence-corrected chi connectivity index (χ1v) is 9.13. The average molecular weight is 284 g/mol. The molecule has 0 rings (SSSR count). The molecule has 0 bridgehead atoms. The summed E-state index contributed by atoms with van der Waals surface area (Å²) in [4.78, 5) is 0. The van der Waals surface area contributed by atoms with E-state index in [2.05, 4.69) is 34.6 Å². The van der Waals surface area contributed by atoms with Crippen LogP contribution in [0.2, 0.25) is 0 Å². The van der Waals surface area contributed by atoms with Crippen LogP contribution in [0.5, 0.6) is 0 Å².